The number of hydrogen-bond acceptors (Lipinski definition) is 6. The lowest BCUT2D eigenvalue weighted by atomic mass is 10.1. The number of carbonyl (C=O) groups excluding carboxylic acids is 1. The van der Waals surface area contributed by atoms with E-state index in [1.54, 1.807) is 37.1 Å². The van der Waals surface area contributed by atoms with Crippen LogP contribution in [0.5, 0.6) is 11.5 Å². The number of nitrogens with zero attached hydrogens (tertiary/aromatic N) is 3. The van der Waals surface area contributed by atoms with E-state index in [0.29, 0.717) is 22.9 Å². The van der Waals surface area contributed by atoms with Gasteiger partial charge in [-0.3, -0.25) is 4.79 Å². The first-order valence-corrected chi connectivity index (χ1v) is 8.55. The zero-order valence-corrected chi connectivity index (χ0v) is 15.3. The Bertz CT molecular complexity index is 717. The van der Waals surface area contributed by atoms with Gasteiger partial charge in [-0.1, -0.05) is 18.7 Å². The van der Waals surface area contributed by atoms with Crippen LogP contribution >= 0.6 is 11.8 Å². The Morgan fingerprint density at radius 1 is 1.33 bits per heavy atom. The summed E-state index contributed by atoms with van der Waals surface area (Å²) in [6.45, 7) is 3.92. The highest BCUT2D eigenvalue weighted by Gasteiger charge is 2.20. The number of amides is 1. The largest absolute Gasteiger partial charge is 0.497 e. The van der Waals surface area contributed by atoms with Gasteiger partial charge in [0.25, 0.3) is 5.91 Å². The van der Waals surface area contributed by atoms with Crippen LogP contribution in [-0.4, -0.2) is 40.6 Å². The van der Waals surface area contributed by atoms with E-state index in [9.17, 15) is 4.79 Å². The Morgan fingerprint density at radius 3 is 2.71 bits per heavy atom. The monoisotopic (exact) mass is 350 g/mol. The third-order valence-electron chi connectivity index (χ3n) is 3.53. The van der Waals surface area contributed by atoms with Crippen molar-refractivity contribution in [3.05, 3.63) is 29.6 Å². The maximum absolute atomic E-state index is 12.6. The molecule has 0 aliphatic heterocycles. The van der Waals surface area contributed by atoms with Crippen LogP contribution < -0.4 is 14.8 Å². The molecule has 1 N–H and O–H groups in total. The summed E-state index contributed by atoms with van der Waals surface area (Å²) in [5.41, 5.74) is 0.411. The molecule has 1 atom stereocenters. The molecule has 24 heavy (non-hydrogen) atoms. The van der Waals surface area contributed by atoms with Crippen molar-refractivity contribution in [2.75, 3.05) is 20.0 Å². The lowest BCUT2D eigenvalue weighted by Gasteiger charge is -2.15. The number of methoxy groups -OCH3 is 2. The van der Waals surface area contributed by atoms with E-state index < -0.39 is 0 Å². The second kappa shape index (κ2) is 8.05. The first-order valence-electron chi connectivity index (χ1n) is 7.56. The summed E-state index contributed by atoms with van der Waals surface area (Å²) >= 11 is 1.61. The van der Waals surface area contributed by atoms with Crippen LogP contribution in [0.15, 0.2) is 23.4 Å². The quantitative estimate of drug-likeness (QED) is 0.773. The van der Waals surface area contributed by atoms with Gasteiger partial charge in [-0.25, -0.2) is 0 Å². The van der Waals surface area contributed by atoms with Crippen LogP contribution in [0.4, 0.5) is 0 Å². The molecule has 8 heteroatoms. The van der Waals surface area contributed by atoms with Gasteiger partial charge in [0.05, 0.1) is 25.8 Å². The second-order valence-electron chi connectivity index (χ2n) is 5.09. The maximum atomic E-state index is 12.6. The third kappa shape index (κ3) is 3.81. The SMILES string of the molecule is CCSc1nnc([C@H](C)NC(=O)c2cc(OC)ccc2OC)n1C. The number of carbonyl (C=O) groups is 1. The molecule has 1 heterocycles. The van der Waals surface area contributed by atoms with E-state index in [4.69, 9.17) is 9.47 Å². The molecular weight excluding hydrogens is 328 g/mol. The van der Waals surface area contributed by atoms with E-state index in [-0.39, 0.29) is 11.9 Å². The highest BCUT2D eigenvalue weighted by Crippen LogP contribution is 2.25. The van der Waals surface area contributed by atoms with Gasteiger partial charge >= 0.3 is 0 Å². The van der Waals surface area contributed by atoms with Crippen LogP contribution in [0.2, 0.25) is 0 Å². The molecule has 0 unspecified atom stereocenters. The van der Waals surface area contributed by atoms with Gasteiger partial charge in [-0.2, -0.15) is 0 Å². The number of ether oxygens (including phenoxy) is 2. The lowest BCUT2D eigenvalue weighted by molar-refractivity contribution is 0.0934. The standard InChI is InChI=1S/C16H22N4O3S/c1-6-24-16-19-18-14(20(16)3)10(2)17-15(21)12-9-11(22-4)7-8-13(12)23-5/h7-10H,6H2,1-5H3,(H,17,21)/t10-/m0/s1. The van der Waals surface area contributed by atoms with Crippen molar-refractivity contribution in [2.45, 2.75) is 25.0 Å². The normalized spacial score (nSPS) is 11.9. The fourth-order valence-corrected chi connectivity index (χ4v) is 2.93. The molecule has 0 spiro atoms. The van der Waals surface area contributed by atoms with Gasteiger partial charge in [0.15, 0.2) is 11.0 Å². The summed E-state index contributed by atoms with van der Waals surface area (Å²) in [5, 5.41) is 12.1. The molecule has 2 rings (SSSR count). The van der Waals surface area contributed by atoms with Gasteiger partial charge in [0.1, 0.15) is 11.5 Å². The average molecular weight is 350 g/mol. The Hall–Kier alpha value is -2.22. The van der Waals surface area contributed by atoms with Crippen molar-refractivity contribution in [3.63, 3.8) is 0 Å². The molecule has 1 aromatic carbocycles. The summed E-state index contributed by atoms with van der Waals surface area (Å²) in [6, 6.07) is 4.81. The van der Waals surface area contributed by atoms with Gasteiger partial charge in [0, 0.05) is 7.05 Å². The molecule has 130 valence electrons. The number of thioether (sulfide) groups is 1. The van der Waals surface area contributed by atoms with E-state index in [2.05, 4.69) is 22.4 Å². The number of benzene rings is 1. The number of hydrogen-bond donors (Lipinski definition) is 1. The fraction of sp³-hybridized carbons (Fsp3) is 0.438. The second-order valence-corrected chi connectivity index (χ2v) is 6.33. The maximum Gasteiger partial charge on any atom is 0.255 e. The highest BCUT2D eigenvalue weighted by molar-refractivity contribution is 7.99. The van der Waals surface area contributed by atoms with Crippen LogP contribution in [-0.2, 0) is 7.05 Å². The van der Waals surface area contributed by atoms with E-state index in [1.165, 1.54) is 7.11 Å². The van der Waals surface area contributed by atoms with Gasteiger partial charge < -0.3 is 19.4 Å². The van der Waals surface area contributed by atoms with Crippen molar-refractivity contribution in [1.82, 2.24) is 20.1 Å². The molecule has 0 saturated carbocycles. The van der Waals surface area contributed by atoms with Crippen LogP contribution in [0.25, 0.3) is 0 Å². The molecular formula is C16H22N4O3S. The van der Waals surface area contributed by atoms with E-state index in [1.807, 2.05) is 18.5 Å². The average Bonchev–Trinajstić information content (AvgIpc) is 2.95. The summed E-state index contributed by atoms with van der Waals surface area (Å²) < 4.78 is 12.3. The summed E-state index contributed by atoms with van der Waals surface area (Å²) in [6.07, 6.45) is 0. The Kier molecular flexibility index (Phi) is 6.08. The predicted octanol–water partition coefficient (Wildman–Crippen LogP) is 2.44. The fourth-order valence-electron chi connectivity index (χ4n) is 2.29. The number of aromatic nitrogens is 3. The van der Waals surface area contributed by atoms with Crippen molar-refractivity contribution in [2.24, 2.45) is 7.05 Å². The Labute approximate surface area is 145 Å². The smallest absolute Gasteiger partial charge is 0.255 e. The van der Waals surface area contributed by atoms with Crippen molar-refractivity contribution in [3.8, 4) is 11.5 Å². The molecule has 2 aromatic rings. The van der Waals surface area contributed by atoms with Crippen LogP contribution in [0, 0.1) is 0 Å². The molecule has 0 aliphatic carbocycles. The minimum atomic E-state index is -0.294. The molecule has 1 amide bonds. The predicted molar refractivity (Wildman–Crippen MR) is 92.8 cm³/mol. The zero-order valence-electron chi connectivity index (χ0n) is 14.5. The number of rotatable bonds is 7. The first kappa shape index (κ1) is 18.1. The van der Waals surface area contributed by atoms with E-state index >= 15 is 0 Å². The lowest BCUT2D eigenvalue weighted by Crippen LogP contribution is -2.28. The Balaban J connectivity index is 2.20. The summed E-state index contributed by atoms with van der Waals surface area (Å²) in [4.78, 5) is 12.6. The summed E-state index contributed by atoms with van der Waals surface area (Å²) in [5.74, 6) is 2.43. The minimum Gasteiger partial charge on any atom is -0.497 e. The van der Waals surface area contributed by atoms with Crippen LogP contribution in [0.3, 0.4) is 0 Å². The molecule has 0 radical (unpaired) electrons. The molecule has 0 fully saturated rings. The van der Waals surface area contributed by atoms with Crippen LogP contribution in [0.1, 0.15) is 36.1 Å². The summed E-state index contributed by atoms with van der Waals surface area (Å²) in [7, 11) is 4.97. The zero-order chi connectivity index (χ0) is 17.7. The highest BCUT2D eigenvalue weighted by atomic mass is 32.2. The van der Waals surface area contributed by atoms with Gasteiger partial charge in [-0.05, 0) is 30.9 Å². The minimum absolute atomic E-state index is 0.258. The van der Waals surface area contributed by atoms with Crippen molar-refractivity contribution >= 4 is 17.7 Å². The van der Waals surface area contributed by atoms with E-state index in [0.717, 1.165) is 10.9 Å². The Morgan fingerprint density at radius 2 is 2.08 bits per heavy atom. The van der Waals surface area contributed by atoms with Crippen molar-refractivity contribution < 1.29 is 14.3 Å². The first-order chi connectivity index (χ1) is 11.5. The molecule has 0 bridgehead atoms. The van der Waals surface area contributed by atoms with Gasteiger partial charge in [0.2, 0.25) is 0 Å². The van der Waals surface area contributed by atoms with Crippen molar-refractivity contribution in [1.29, 1.82) is 0 Å². The van der Waals surface area contributed by atoms with Gasteiger partial charge in [-0.15, -0.1) is 10.2 Å². The molecule has 0 saturated heterocycles. The number of nitrogens with one attached hydrogen (secondary N) is 1. The molecule has 0 aliphatic rings. The molecule has 7 nitrogen and oxygen atoms in total. The molecule has 1 aromatic heterocycles. The topological polar surface area (TPSA) is 78.3 Å². The third-order valence-corrected chi connectivity index (χ3v) is 4.43.